The molecule has 1 aliphatic rings. The van der Waals surface area contributed by atoms with Crippen molar-refractivity contribution in [2.24, 2.45) is 0 Å². The summed E-state index contributed by atoms with van der Waals surface area (Å²) in [6.07, 6.45) is 5.78. The first kappa shape index (κ1) is 26.3. The van der Waals surface area contributed by atoms with Crippen LogP contribution < -0.4 is 10.1 Å². The summed E-state index contributed by atoms with van der Waals surface area (Å²) < 4.78 is 19.1. The second-order valence-corrected chi connectivity index (χ2v) is 10.7. The van der Waals surface area contributed by atoms with Gasteiger partial charge in [0.1, 0.15) is 23.6 Å². The van der Waals surface area contributed by atoms with Crippen molar-refractivity contribution in [3.05, 3.63) is 71.3 Å². The maximum Gasteiger partial charge on any atom is 0.132 e. The quantitative estimate of drug-likeness (QED) is 0.290. The number of allylic oxidation sites excluding steroid dienone is 1. The van der Waals surface area contributed by atoms with E-state index < -0.39 is 5.60 Å². The molecular formula is C30H43NO3. The minimum atomic E-state index is -0.491. The van der Waals surface area contributed by atoms with Crippen LogP contribution in [0.5, 0.6) is 5.75 Å². The van der Waals surface area contributed by atoms with Crippen molar-refractivity contribution < 1.29 is 14.2 Å². The summed E-state index contributed by atoms with van der Waals surface area (Å²) in [5.74, 6) is 0.873. The number of anilines is 1. The third-order valence-electron chi connectivity index (χ3n) is 6.37. The van der Waals surface area contributed by atoms with Crippen LogP contribution in [0.2, 0.25) is 0 Å². The Morgan fingerprint density at radius 3 is 2.44 bits per heavy atom. The summed E-state index contributed by atoms with van der Waals surface area (Å²) in [4.78, 5) is 0. The zero-order valence-corrected chi connectivity index (χ0v) is 22.1. The minimum Gasteiger partial charge on any atom is -0.485 e. The van der Waals surface area contributed by atoms with Crippen LogP contribution in [0.4, 0.5) is 5.69 Å². The van der Waals surface area contributed by atoms with Crippen molar-refractivity contribution in [2.75, 3.05) is 18.5 Å². The lowest BCUT2D eigenvalue weighted by Gasteiger charge is -2.44. The predicted molar refractivity (Wildman–Crippen MR) is 142 cm³/mol. The van der Waals surface area contributed by atoms with Gasteiger partial charge in [0.25, 0.3) is 0 Å². The van der Waals surface area contributed by atoms with Gasteiger partial charge in [-0.25, -0.2) is 0 Å². The van der Waals surface area contributed by atoms with E-state index >= 15 is 0 Å². The summed E-state index contributed by atoms with van der Waals surface area (Å²) >= 11 is 0. The molecule has 2 unspecified atom stereocenters. The van der Waals surface area contributed by atoms with Gasteiger partial charge in [-0.1, -0.05) is 70.5 Å². The topological polar surface area (TPSA) is 39.7 Å². The SMILES string of the molecule is C/C=C/COC1C(OCCCC)c2cc(NCc3ccc(C(C)(C)C)cc3)ccc2OC1(C)C. The van der Waals surface area contributed by atoms with E-state index in [-0.39, 0.29) is 17.6 Å². The summed E-state index contributed by atoms with van der Waals surface area (Å²) in [5.41, 5.74) is 4.38. The molecule has 1 heterocycles. The van der Waals surface area contributed by atoms with E-state index in [1.54, 1.807) is 0 Å². The Hall–Kier alpha value is -2.30. The highest BCUT2D eigenvalue weighted by molar-refractivity contribution is 5.54. The second kappa shape index (κ2) is 11.4. The van der Waals surface area contributed by atoms with Crippen molar-refractivity contribution in [2.45, 2.75) is 91.1 Å². The molecule has 0 aromatic heterocycles. The van der Waals surface area contributed by atoms with Crippen LogP contribution in [-0.2, 0) is 21.4 Å². The molecule has 4 nitrogen and oxygen atoms in total. The van der Waals surface area contributed by atoms with Crippen LogP contribution in [-0.4, -0.2) is 24.9 Å². The number of unbranched alkanes of at least 4 members (excludes halogenated alkanes) is 1. The third kappa shape index (κ3) is 6.64. The molecular weight excluding hydrogens is 422 g/mol. The molecule has 0 saturated carbocycles. The number of fused-ring (bicyclic) bond motifs is 1. The van der Waals surface area contributed by atoms with Crippen molar-refractivity contribution in [3.63, 3.8) is 0 Å². The Morgan fingerprint density at radius 1 is 1.06 bits per heavy atom. The lowest BCUT2D eigenvalue weighted by atomic mass is 9.87. The first-order valence-electron chi connectivity index (χ1n) is 12.7. The first-order valence-corrected chi connectivity index (χ1v) is 12.7. The van der Waals surface area contributed by atoms with Crippen LogP contribution in [0.3, 0.4) is 0 Å². The molecule has 0 aliphatic carbocycles. The average molecular weight is 466 g/mol. The molecule has 0 radical (unpaired) electrons. The summed E-state index contributed by atoms with van der Waals surface area (Å²) in [6, 6.07) is 15.2. The highest BCUT2D eigenvalue weighted by Gasteiger charge is 2.45. The number of ether oxygens (including phenoxy) is 3. The monoisotopic (exact) mass is 465 g/mol. The summed E-state index contributed by atoms with van der Waals surface area (Å²) in [6.45, 7) is 17.1. The standard InChI is InChI=1S/C30H43NO3/c1-8-10-18-32-27-25-20-24(31-21-22-12-14-23(15-13-22)29(3,4)5)16-17-26(25)34-30(6,7)28(27)33-19-11-9-2/h9,11-17,20,27-28,31H,8,10,18-19,21H2,1-7H3/b11-9+. The zero-order valence-electron chi connectivity index (χ0n) is 22.1. The van der Waals surface area contributed by atoms with E-state index in [1.807, 2.05) is 19.1 Å². The lowest BCUT2D eigenvalue weighted by molar-refractivity contribution is -0.157. The fraction of sp³-hybridized carbons (Fsp3) is 0.533. The number of benzene rings is 2. The smallest absolute Gasteiger partial charge is 0.132 e. The molecule has 2 aromatic rings. The van der Waals surface area contributed by atoms with E-state index in [2.05, 4.69) is 89.3 Å². The minimum absolute atomic E-state index is 0.163. The first-order chi connectivity index (χ1) is 16.2. The van der Waals surface area contributed by atoms with E-state index in [0.717, 1.165) is 36.4 Å². The van der Waals surface area contributed by atoms with Crippen molar-refractivity contribution in [1.29, 1.82) is 0 Å². The molecule has 186 valence electrons. The lowest BCUT2D eigenvalue weighted by Crippen LogP contribution is -2.51. The maximum atomic E-state index is 6.43. The Morgan fingerprint density at radius 2 is 1.79 bits per heavy atom. The second-order valence-electron chi connectivity index (χ2n) is 10.7. The van der Waals surface area contributed by atoms with Crippen LogP contribution in [0.15, 0.2) is 54.6 Å². The molecule has 0 saturated heterocycles. The molecule has 0 fully saturated rings. The van der Waals surface area contributed by atoms with Crippen LogP contribution >= 0.6 is 0 Å². The van der Waals surface area contributed by atoms with Gasteiger partial charge < -0.3 is 19.5 Å². The van der Waals surface area contributed by atoms with Crippen molar-refractivity contribution in [3.8, 4) is 5.75 Å². The molecule has 3 rings (SSSR count). The third-order valence-corrected chi connectivity index (χ3v) is 6.37. The number of hydrogen-bond donors (Lipinski definition) is 1. The van der Waals surface area contributed by atoms with E-state index in [0.29, 0.717) is 13.2 Å². The van der Waals surface area contributed by atoms with E-state index in [4.69, 9.17) is 14.2 Å². The largest absolute Gasteiger partial charge is 0.485 e. The predicted octanol–water partition coefficient (Wildman–Crippen LogP) is 7.59. The van der Waals surface area contributed by atoms with E-state index in [1.165, 1.54) is 11.1 Å². The Bertz CT molecular complexity index is 941. The Labute approximate surface area is 206 Å². The van der Waals surface area contributed by atoms with Gasteiger partial charge in [0.05, 0.1) is 6.61 Å². The summed E-state index contributed by atoms with van der Waals surface area (Å²) in [5, 5.41) is 3.58. The van der Waals surface area contributed by atoms with Crippen molar-refractivity contribution in [1.82, 2.24) is 0 Å². The van der Waals surface area contributed by atoms with Gasteiger partial charge in [0, 0.05) is 24.4 Å². The molecule has 0 spiro atoms. The molecule has 2 atom stereocenters. The molecule has 0 amide bonds. The Kier molecular flexibility index (Phi) is 8.83. The maximum absolute atomic E-state index is 6.43. The Balaban J connectivity index is 1.80. The molecule has 1 aliphatic heterocycles. The number of nitrogens with one attached hydrogen (secondary N) is 1. The normalized spacial score (nSPS) is 19.6. The van der Waals surface area contributed by atoms with Crippen molar-refractivity contribution >= 4 is 5.69 Å². The molecule has 34 heavy (non-hydrogen) atoms. The highest BCUT2D eigenvalue weighted by atomic mass is 16.6. The highest BCUT2D eigenvalue weighted by Crippen LogP contribution is 2.44. The van der Waals surface area contributed by atoms with Gasteiger partial charge in [-0.3, -0.25) is 0 Å². The average Bonchev–Trinajstić information content (AvgIpc) is 2.79. The van der Waals surface area contributed by atoms with E-state index in [9.17, 15) is 0 Å². The zero-order chi connectivity index (χ0) is 24.8. The number of rotatable bonds is 10. The molecule has 2 aromatic carbocycles. The van der Waals surface area contributed by atoms with Gasteiger partial charge >= 0.3 is 0 Å². The van der Waals surface area contributed by atoms with Crippen LogP contribution in [0, 0.1) is 0 Å². The van der Waals surface area contributed by atoms with Gasteiger partial charge in [0.2, 0.25) is 0 Å². The van der Waals surface area contributed by atoms with Crippen LogP contribution in [0.1, 0.15) is 84.1 Å². The van der Waals surface area contributed by atoms with Gasteiger partial charge in [-0.05, 0) is 61.9 Å². The fourth-order valence-electron chi connectivity index (χ4n) is 4.24. The van der Waals surface area contributed by atoms with Crippen LogP contribution in [0.25, 0.3) is 0 Å². The van der Waals surface area contributed by atoms with Gasteiger partial charge in [0.15, 0.2) is 0 Å². The molecule has 1 N–H and O–H groups in total. The summed E-state index contributed by atoms with van der Waals surface area (Å²) in [7, 11) is 0. The fourth-order valence-corrected chi connectivity index (χ4v) is 4.24. The van der Waals surface area contributed by atoms with Gasteiger partial charge in [-0.15, -0.1) is 0 Å². The van der Waals surface area contributed by atoms with Gasteiger partial charge in [-0.2, -0.15) is 0 Å². The molecule has 0 bridgehead atoms. The number of hydrogen-bond acceptors (Lipinski definition) is 4. The molecule has 4 heteroatoms.